The minimum absolute atomic E-state index is 0. The van der Waals surface area contributed by atoms with Crippen LogP contribution in [0.2, 0.25) is 0 Å². The van der Waals surface area contributed by atoms with Gasteiger partial charge >= 0.3 is 0 Å². The summed E-state index contributed by atoms with van der Waals surface area (Å²) >= 11 is 1.17. The van der Waals surface area contributed by atoms with E-state index in [9.17, 15) is 9.59 Å². The van der Waals surface area contributed by atoms with Gasteiger partial charge in [-0.15, -0.1) is 12.1 Å². The van der Waals surface area contributed by atoms with E-state index >= 15 is 0 Å². The van der Waals surface area contributed by atoms with Gasteiger partial charge in [0.25, 0.3) is 0 Å². The van der Waals surface area contributed by atoms with Crippen molar-refractivity contribution < 1.29 is 108 Å². The number of carbonyl (C=O) groups excluding carboxylic acids is 2. The number of nitrogens with one attached hydrogen (secondary N) is 1. The first-order chi connectivity index (χ1) is 9.65. The second kappa shape index (κ2) is 16.6. The molecule has 0 aliphatic carbocycles. The third kappa shape index (κ3) is 11.4. The molecule has 0 aliphatic heterocycles. The number of nitrogens with zero attached hydrogens (tertiary/aromatic N) is 1. The molecule has 0 saturated carbocycles. The van der Waals surface area contributed by atoms with Crippen molar-refractivity contribution in [1.29, 1.82) is 0 Å². The molecule has 0 saturated heterocycles. The quantitative estimate of drug-likeness (QED) is 0.464. The van der Waals surface area contributed by atoms with Gasteiger partial charge in [0.2, 0.25) is 0 Å². The summed E-state index contributed by atoms with van der Waals surface area (Å²) in [6.07, 6.45) is 2.94. The summed E-state index contributed by atoms with van der Waals surface area (Å²) in [6.45, 7) is 5.47. The van der Waals surface area contributed by atoms with E-state index in [4.69, 9.17) is 0 Å². The first-order valence-corrected chi connectivity index (χ1v) is 7.14. The zero-order valence-corrected chi connectivity index (χ0v) is 22.8. The van der Waals surface area contributed by atoms with E-state index in [2.05, 4.69) is 10.3 Å². The number of hydrogen-bond acceptors (Lipinski definition) is 4. The van der Waals surface area contributed by atoms with Gasteiger partial charge in [0.15, 0.2) is 16.8 Å². The number of Topliss-reactive ketones (excluding diaryl/α,β-unsaturated/α-hetero) is 1. The standard InChI is InChI=1S/C13H11N2O2S.C2H6.3Y/c1-9(16)11-8-14-13(18-11)15-12(17)7-10-5-3-2-4-6-10;1-2;;;/h2-8H,1H3,(H,14,15,17);1-2H3;;;/q-1;;;;. The maximum Gasteiger partial charge on any atom is 0.195 e. The van der Waals surface area contributed by atoms with Crippen LogP contribution >= 0.6 is 11.3 Å². The Morgan fingerprint density at radius 2 is 1.65 bits per heavy atom. The number of amides is 1. The molecule has 2 aromatic rings. The SMILES string of the molecule is CC.CC(=O)c1cnc(NC(=O)[CH-]c2ccccc2)s1.[Y].[Y].[Y]. The Morgan fingerprint density at radius 1 is 1.09 bits per heavy atom. The Balaban J connectivity index is -0.000000770. The van der Waals surface area contributed by atoms with Crippen LogP contribution in [0.3, 0.4) is 0 Å². The van der Waals surface area contributed by atoms with Gasteiger partial charge in [0, 0.05) is 105 Å². The molecule has 0 fully saturated rings. The summed E-state index contributed by atoms with van der Waals surface area (Å²) in [5, 5.41) is 3.05. The van der Waals surface area contributed by atoms with E-state index in [0.29, 0.717) is 10.0 Å². The van der Waals surface area contributed by atoms with Crippen molar-refractivity contribution in [3.8, 4) is 0 Å². The molecule has 1 aromatic carbocycles. The van der Waals surface area contributed by atoms with Gasteiger partial charge in [0.1, 0.15) is 0 Å². The largest absolute Gasteiger partial charge is 0.309 e. The smallest absolute Gasteiger partial charge is 0.195 e. The zero-order valence-electron chi connectivity index (χ0n) is 13.4. The summed E-state index contributed by atoms with van der Waals surface area (Å²) in [6, 6.07) is 9.27. The second-order valence-electron chi connectivity index (χ2n) is 3.63. The van der Waals surface area contributed by atoms with Crippen LogP contribution in [-0.2, 0) is 103 Å². The van der Waals surface area contributed by atoms with Gasteiger partial charge in [-0.2, -0.15) is 17.7 Å². The van der Waals surface area contributed by atoms with E-state index in [-0.39, 0.29) is 110 Å². The fourth-order valence-corrected chi connectivity index (χ4v) is 2.05. The number of aromatic nitrogens is 1. The van der Waals surface area contributed by atoms with Crippen molar-refractivity contribution in [2.45, 2.75) is 20.8 Å². The molecule has 2 rings (SSSR count). The van der Waals surface area contributed by atoms with Crippen molar-refractivity contribution in [2.75, 3.05) is 5.32 Å². The van der Waals surface area contributed by atoms with Crippen LogP contribution in [0.15, 0.2) is 36.5 Å². The molecule has 3 radical (unpaired) electrons. The summed E-state index contributed by atoms with van der Waals surface area (Å²) in [5.74, 6) is -0.314. The fourth-order valence-electron chi connectivity index (χ4n) is 1.34. The number of carbonyl (C=O) groups is 2. The summed E-state index contributed by atoms with van der Waals surface area (Å²) in [7, 11) is 0. The zero-order chi connectivity index (χ0) is 15.0. The molecule has 1 heterocycles. The number of rotatable bonds is 4. The first kappa shape index (κ1) is 29.0. The average molecular weight is 556 g/mol. The van der Waals surface area contributed by atoms with Gasteiger partial charge < -0.3 is 5.32 Å². The molecule has 0 bridgehead atoms. The van der Waals surface area contributed by atoms with Crippen molar-refractivity contribution in [1.82, 2.24) is 4.98 Å². The van der Waals surface area contributed by atoms with Gasteiger partial charge in [-0.1, -0.05) is 37.7 Å². The molecule has 4 nitrogen and oxygen atoms in total. The Bertz CT molecular complexity index is 577. The summed E-state index contributed by atoms with van der Waals surface area (Å²) < 4.78 is 0. The van der Waals surface area contributed by atoms with Gasteiger partial charge in [-0.3, -0.25) is 9.59 Å². The van der Waals surface area contributed by atoms with E-state index in [1.54, 1.807) is 0 Å². The van der Waals surface area contributed by atoms with Crippen LogP contribution in [0.5, 0.6) is 0 Å². The van der Waals surface area contributed by atoms with E-state index in [0.717, 1.165) is 5.56 Å². The Kier molecular flexibility index (Phi) is 20.9. The minimum Gasteiger partial charge on any atom is -0.309 e. The van der Waals surface area contributed by atoms with Crippen molar-refractivity contribution in [3.05, 3.63) is 53.4 Å². The number of thiazole rings is 1. The van der Waals surface area contributed by atoms with Gasteiger partial charge in [-0.25, -0.2) is 4.98 Å². The van der Waals surface area contributed by atoms with Crippen LogP contribution in [0.25, 0.3) is 0 Å². The Hall–Kier alpha value is 1.17. The van der Waals surface area contributed by atoms with Crippen LogP contribution in [-0.4, -0.2) is 16.7 Å². The fraction of sp³-hybridized carbons (Fsp3) is 0.200. The van der Waals surface area contributed by atoms with Gasteiger partial charge in [0.05, 0.1) is 11.1 Å². The van der Waals surface area contributed by atoms with E-state index in [1.807, 2.05) is 44.2 Å². The topological polar surface area (TPSA) is 59.1 Å². The third-order valence-corrected chi connectivity index (χ3v) is 3.19. The molecule has 115 valence electrons. The van der Waals surface area contributed by atoms with Crippen LogP contribution < -0.4 is 5.32 Å². The maximum absolute atomic E-state index is 11.7. The monoisotopic (exact) mass is 556 g/mol. The van der Waals surface area contributed by atoms with E-state index < -0.39 is 0 Å². The molecule has 1 amide bonds. The van der Waals surface area contributed by atoms with Crippen molar-refractivity contribution >= 4 is 28.2 Å². The number of hydrogen-bond donors (Lipinski definition) is 1. The molecule has 8 heteroatoms. The molecule has 23 heavy (non-hydrogen) atoms. The molecular formula is C15H17N2O2SY3-. The van der Waals surface area contributed by atoms with E-state index in [1.165, 1.54) is 30.9 Å². The van der Waals surface area contributed by atoms with Crippen LogP contribution in [0.4, 0.5) is 5.13 Å². The first-order valence-electron chi connectivity index (χ1n) is 6.33. The molecule has 0 spiro atoms. The molecule has 0 atom stereocenters. The average Bonchev–Trinajstić information content (AvgIpc) is 2.90. The summed E-state index contributed by atoms with van der Waals surface area (Å²) in [5.41, 5.74) is 0.818. The molecule has 1 N–H and O–H groups in total. The molecular weight excluding hydrogens is 539 g/mol. The predicted molar refractivity (Wildman–Crippen MR) is 81.9 cm³/mol. The van der Waals surface area contributed by atoms with Gasteiger partial charge in [-0.05, 0) is 0 Å². The summed E-state index contributed by atoms with van der Waals surface area (Å²) in [4.78, 5) is 27.3. The normalized spacial score (nSPS) is 7.96. The van der Waals surface area contributed by atoms with Crippen LogP contribution in [0, 0.1) is 6.42 Å². The Labute approximate surface area is 217 Å². The van der Waals surface area contributed by atoms with Crippen molar-refractivity contribution in [3.63, 3.8) is 0 Å². The second-order valence-corrected chi connectivity index (χ2v) is 4.66. The predicted octanol–water partition coefficient (Wildman–Crippen LogP) is 3.56. The Morgan fingerprint density at radius 3 is 2.13 bits per heavy atom. The number of benzene rings is 1. The maximum atomic E-state index is 11.7. The third-order valence-electron chi connectivity index (χ3n) is 2.18. The molecule has 0 aliphatic rings. The molecule has 1 aromatic heterocycles. The van der Waals surface area contributed by atoms with Crippen molar-refractivity contribution in [2.24, 2.45) is 0 Å². The number of ketones is 1. The van der Waals surface area contributed by atoms with Crippen LogP contribution in [0.1, 0.15) is 36.0 Å². The minimum atomic E-state index is -0.259. The number of anilines is 1. The molecule has 0 unspecified atom stereocenters.